The van der Waals surface area contributed by atoms with E-state index in [0.717, 1.165) is 47.9 Å². The summed E-state index contributed by atoms with van der Waals surface area (Å²) in [5, 5.41) is 6.03. The fourth-order valence-corrected chi connectivity index (χ4v) is 3.83. The smallest absolute Gasteiger partial charge is 0.226 e. The van der Waals surface area contributed by atoms with Crippen molar-refractivity contribution >= 4 is 22.9 Å². The highest BCUT2D eigenvalue weighted by Crippen LogP contribution is 2.24. The van der Waals surface area contributed by atoms with Crippen molar-refractivity contribution < 1.29 is 9.18 Å². The van der Waals surface area contributed by atoms with E-state index in [1.807, 2.05) is 25.3 Å². The minimum absolute atomic E-state index is 0.0166. The first kappa shape index (κ1) is 16.9. The van der Waals surface area contributed by atoms with Crippen molar-refractivity contribution in [3.63, 3.8) is 0 Å². The maximum Gasteiger partial charge on any atom is 0.226 e. The van der Waals surface area contributed by atoms with Crippen molar-refractivity contribution in [3.8, 4) is 0 Å². The number of piperidine rings is 1. The van der Waals surface area contributed by atoms with E-state index in [1.54, 1.807) is 17.4 Å². The molecule has 0 unspecified atom stereocenters. The molecule has 0 spiro atoms. The number of aromatic nitrogens is 1. The van der Waals surface area contributed by atoms with E-state index in [1.165, 1.54) is 6.07 Å². The quantitative estimate of drug-likeness (QED) is 0.924. The van der Waals surface area contributed by atoms with Gasteiger partial charge in [0.05, 0.1) is 17.1 Å². The molecule has 1 aromatic heterocycles. The number of hydrogen-bond donors (Lipinski definition) is 1. The first-order chi connectivity index (χ1) is 11.5. The van der Waals surface area contributed by atoms with Gasteiger partial charge in [-0.05, 0) is 50.5 Å². The maximum atomic E-state index is 13.3. The summed E-state index contributed by atoms with van der Waals surface area (Å²) >= 11 is 1.56. The van der Waals surface area contributed by atoms with Gasteiger partial charge in [-0.2, -0.15) is 0 Å². The average Bonchev–Trinajstić information content (AvgIpc) is 2.92. The molecule has 2 heterocycles. The summed E-state index contributed by atoms with van der Waals surface area (Å²) in [5.41, 5.74) is 2.81. The number of amides is 1. The largest absolute Gasteiger partial charge is 0.369 e. The Kier molecular flexibility index (Phi) is 5.14. The molecule has 2 aromatic rings. The Labute approximate surface area is 145 Å². The van der Waals surface area contributed by atoms with Crippen LogP contribution in [0.4, 0.5) is 10.1 Å². The molecule has 0 saturated carbocycles. The van der Waals surface area contributed by atoms with Crippen LogP contribution in [0.5, 0.6) is 0 Å². The van der Waals surface area contributed by atoms with E-state index < -0.39 is 0 Å². The van der Waals surface area contributed by atoms with Crippen LogP contribution in [0, 0.1) is 19.7 Å². The number of rotatable bonds is 4. The third-order valence-electron chi connectivity index (χ3n) is 4.29. The lowest BCUT2D eigenvalue weighted by atomic mass is 10.0. The van der Waals surface area contributed by atoms with Gasteiger partial charge in [-0.15, -0.1) is 11.3 Å². The molecule has 1 amide bonds. The van der Waals surface area contributed by atoms with Gasteiger partial charge in [0.1, 0.15) is 5.82 Å². The standard InChI is InChI=1S/C18H22FN3OS/c1-12-8-14(19)5-6-17(12)22-7-3-4-15(10-22)21-18(23)9-16-11-24-13(2)20-16/h5-6,8,11,15H,3-4,7,9-10H2,1-2H3,(H,21,23)/t15-/m0/s1. The second kappa shape index (κ2) is 7.30. The number of hydrogen-bond acceptors (Lipinski definition) is 4. The van der Waals surface area contributed by atoms with Crippen LogP contribution in [0.15, 0.2) is 23.6 Å². The number of nitrogens with one attached hydrogen (secondary N) is 1. The Morgan fingerprint density at radius 3 is 3.00 bits per heavy atom. The van der Waals surface area contributed by atoms with Crippen molar-refractivity contribution in [1.29, 1.82) is 0 Å². The molecule has 1 atom stereocenters. The number of aryl methyl sites for hydroxylation is 2. The lowest BCUT2D eigenvalue weighted by Gasteiger charge is -2.35. The number of anilines is 1. The molecule has 1 aromatic carbocycles. The average molecular weight is 347 g/mol. The van der Waals surface area contributed by atoms with Crippen molar-refractivity contribution in [1.82, 2.24) is 10.3 Å². The minimum atomic E-state index is -0.211. The van der Waals surface area contributed by atoms with Crippen molar-refractivity contribution in [3.05, 3.63) is 45.7 Å². The summed E-state index contributed by atoms with van der Waals surface area (Å²) in [6.45, 7) is 5.56. The van der Waals surface area contributed by atoms with Gasteiger partial charge >= 0.3 is 0 Å². The first-order valence-electron chi connectivity index (χ1n) is 8.23. The highest BCUT2D eigenvalue weighted by molar-refractivity contribution is 7.09. The normalized spacial score (nSPS) is 17.8. The summed E-state index contributed by atoms with van der Waals surface area (Å²) in [6.07, 6.45) is 2.31. The highest BCUT2D eigenvalue weighted by Gasteiger charge is 2.23. The van der Waals surface area contributed by atoms with Crippen LogP contribution in [0.1, 0.15) is 29.1 Å². The molecule has 1 fully saturated rings. The van der Waals surface area contributed by atoms with E-state index in [9.17, 15) is 9.18 Å². The van der Waals surface area contributed by atoms with E-state index in [-0.39, 0.29) is 17.8 Å². The SMILES string of the molecule is Cc1nc(CC(=O)N[C@H]2CCCN(c3ccc(F)cc3C)C2)cs1. The maximum absolute atomic E-state index is 13.3. The van der Waals surface area contributed by atoms with Crippen LogP contribution >= 0.6 is 11.3 Å². The van der Waals surface area contributed by atoms with Gasteiger partial charge < -0.3 is 10.2 Å². The molecule has 1 N–H and O–H groups in total. The van der Waals surface area contributed by atoms with Gasteiger partial charge in [-0.25, -0.2) is 9.37 Å². The van der Waals surface area contributed by atoms with E-state index >= 15 is 0 Å². The number of benzene rings is 1. The fraction of sp³-hybridized carbons (Fsp3) is 0.444. The molecule has 1 aliphatic rings. The van der Waals surface area contributed by atoms with Gasteiger partial charge in [0.25, 0.3) is 0 Å². The third kappa shape index (κ3) is 4.12. The highest BCUT2D eigenvalue weighted by atomic mass is 32.1. The second-order valence-corrected chi connectivity index (χ2v) is 7.38. The zero-order chi connectivity index (χ0) is 17.1. The molecular formula is C18H22FN3OS. The molecule has 128 valence electrons. The van der Waals surface area contributed by atoms with E-state index in [0.29, 0.717) is 6.42 Å². The summed E-state index contributed by atoms with van der Waals surface area (Å²) in [4.78, 5) is 18.8. The molecule has 3 rings (SSSR count). The lowest BCUT2D eigenvalue weighted by Crippen LogP contribution is -2.48. The van der Waals surface area contributed by atoms with Crippen LogP contribution in [-0.4, -0.2) is 30.0 Å². The van der Waals surface area contributed by atoms with Crippen LogP contribution < -0.4 is 10.2 Å². The van der Waals surface area contributed by atoms with Crippen LogP contribution in [-0.2, 0) is 11.2 Å². The van der Waals surface area contributed by atoms with Crippen LogP contribution in [0.25, 0.3) is 0 Å². The third-order valence-corrected chi connectivity index (χ3v) is 5.12. The van der Waals surface area contributed by atoms with Gasteiger partial charge in [0.2, 0.25) is 5.91 Å². The molecule has 0 bridgehead atoms. The molecule has 4 nitrogen and oxygen atoms in total. The van der Waals surface area contributed by atoms with Gasteiger partial charge in [0.15, 0.2) is 0 Å². The fourth-order valence-electron chi connectivity index (χ4n) is 3.22. The summed E-state index contributed by atoms with van der Waals surface area (Å²) in [5.74, 6) is -0.195. The number of nitrogens with zero attached hydrogens (tertiary/aromatic N) is 2. The Bertz CT molecular complexity index is 731. The number of halogens is 1. The number of carbonyl (C=O) groups excluding carboxylic acids is 1. The summed E-state index contributed by atoms with van der Waals surface area (Å²) < 4.78 is 13.3. The molecular weight excluding hydrogens is 325 g/mol. The minimum Gasteiger partial charge on any atom is -0.369 e. The Morgan fingerprint density at radius 1 is 1.46 bits per heavy atom. The van der Waals surface area contributed by atoms with Crippen LogP contribution in [0.2, 0.25) is 0 Å². The lowest BCUT2D eigenvalue weighted by molar-refractivity contribution is -0.121. The van der Waals surface area contributed by atoms with Crippen LogP contribution in [0.3, 0.4) is 0 Å². The molecule has 1 aliphatic heterocycles. The zero-order valence-electron chi connectivity index (χ0n) is 14.0. The van der Waals surface area contributed by atoms with Gasteiger partial charge in [0, 0.05) is 30.2 Å². The van der Waals surface area contributed by atoms with Gasteiger partial charge in [-0.3, -0.25) is 4.79 Å². The Hall–Kier alpha value is -1.95. The second-order valence-electron chi connectivity index (χ2n) is 6.32. The van der Waals surface area contributed by atoms with E-state index in [4.69, 9.17) is 0 Å². The van der Waals surface area contributed by atoms with Crippen molar-refractivity contribution in [2.45, 2.75) is 39.2 Å². The Balaban J connectivity index is 1.60. The zero-order valence-corrected chi connectivity index (χ0v) is 14.8. The predicted octanol–water partition coefficient (Wildman–Crippen LogP) is 3.23. The predicted molar refractivity (Wildman–Crippen MR) is 95.1 cm³/mol. The molecule has 0 aliphatic carbocycles. The topological polar surface area (TPSA) is 45.2 Å². The summed E-state index contributed by atoms with van der Waals surface area (Å²) in [7, 11) is 0. The van der Waals surface area contributed by atoms with Crippen molar-refractivity contribution in [2.24, 2.45) is 0 Å². The summed E-state index contributed by atoms with van der Waals surface area (Å²) in [6, 6.07) is 5.00. The van der Waals surface area contributed by atoms with Gasteiger partial charge in [-0.1, -0.05) is 0 Å². The first-order valence-corrected chi connectivity index (χ1v) is 9.10. The van der Waals surface area contributed by atoms with Crippen molar-refractivity contribution in [2.75, 3.05) is 18.0 Å². The monoisotopic (exact) mass is 347 g/mol. The molecule has 6 heteroatoms. The molecule has 1 saturated heterocycles. The number of carbonyl (C=O) groups is 1. The Morgan fingerprint density at radius 2 is 2.29 bits per heavy atom. The molecule has 24 heavy (non-hydrogen) atoms. The van der Waals surface area contributed by atoms with E-state index in [2.05, 4.69) is 15.2 Å². The molecule has 0 radical (unpaired) electrons. The number of thiazole rings is 1.